The van der Waals surface area contributed by atoms with E-state index in [0.29, 0.717) is 6.04 Å². The molecule has 0 aliphatic carbocycles. The summed E-state index contributed by atoms with van der Waals surface area (Å²) in [5.74, 6) is 8.11. The molecule has 1 aromatic carbocycles. The fourth-order valence-electron chi connectivity index (χ4n) is 2.26. The number of hydrogen-bond donors (Lipinski definition) is 2. The topological polar surface area (TPSA) is 41.3 Å². The third-order valence-corrected chi connectivity index (χ3v) is 4.49. The van der Waals surface area contributed by atoms with Crippen molar-refractivity contribution >= 4 is 11.8 Å². The minimum Gasteiger partial charge on any atom is -0.300 e. The Morgan fingerprint density at radius 3 is 2.71 bits per heavy atom. The van der Waals surface area contributed by atoms with Gasteiger partial charge in [-0.3, -0.25) is 16.2 Å². The number of hydrazine groups is 1. The van der Waals surface area contributed by atoms with Crippen molar-refractivity contribution in [2.45, 2.75) is 19.0 Å². The van der Waals surface area contributed by atoms with Crippen molar-refractivity contribution in [2.75, 3.05) is 25.1 Å². The van der Waals surface area contributed by atoms with E-state index in [0.717, 1.165) is 12.3 Å². The molecule has 3 N–H and O–H groups in total. The van der Waals surface area contributed by atoms with Gasteiger partial charge in [0.15, 0.2) is 0 Å². The third-order valence-electron chi connectivity index (χ3n) is 3.44. The van der Waals surface area contributed by atoms with Crippen LogP contribution in [0.1, 0.15) is 17.2 Å². The number of nitrogens with two attached hydrogens (primary N) is 1. The first kappa shape index (κ1) is 12.9. The lowest BCUT2D eigenvalue weighted by Crippen LogP contribution is -2.49. The summed E-state index contributed by atoms with van der Waals surface area (Å²) >= 11 is 2.01. The van der Waals surface area contributed by atoms with Crippen LogP contribution in [0, 0.1) is 6.92 Å². The number of thioether (sulfide) groups is 1. The molecule has 0 saturated carbocycles. The van der Waals surface area contributed by atoms with Crippen molar-refractivity contribution in [3.05, 3.63) is 35.4 Å². The molecular weight excluding hydrogens is 230 g/mol. The fraction of sp³-hybridized carbons (Fsp3) is 0.538. The summed E-state index contributed by atoms with van der Waals surface area (Å²) in [6, 6.07) is 9.33. The zero-order valence-corrected chi connectivity index (χ0v) is 11.3. The zero-order valence-electron chi connectivity index (χ0n) is 10.5. The Hall–Kier alpha value is -0.550. The highest BCUT2D eigenvalue weighted by Gasteiger charge is 2.28. The fourth-order valence-corrected chi connectivity index (χ4v) is 3.53. The second kappa shape index (κ2) is 5.87. The summed E-state index contributed by atoms with van der Waals surface area (Å²) in [6.07, 6.45) is 0. The molecule has 1 saturated heterocycles. The van der Waals surface area contributed by atoms with E-state index in [1.54, 1.807) is 0 Å². The summed E-state index contributed by atoms with van der Waals surface area (Å²) in [5.41, 5.74) is 5.55. The van der Waals surface area contributed by atoms with Crippen LogP contribution in [0.5, 0.6) is 0 Å². The van der Waals surface area contributed by atoms with E-state index in [9.17, 15) is 0 Å². The number of hydrogen-bond acceptors (Lipinski definition) is 4. The number of nitrogens with one attached hydrogen (secondary N) is 1. The van der Waals surface area contributed by atoms with E-state index >= 15 is 0 Å². The van der Waals surface area contributed by atoms with E-state index in [1.807, 2.05) is 11.8 Å². The molecule has 2 rings (SSSR count). The molecule has 0 radical (unpaired) electrons. The highest BCUT2D eigenvalue weighted by Crippen LogP contribution is 2.26. The van der Waals surface area contributed by atoms with Gasteiger partial charge < -0.3 is 0 Å². The first-order chi connectivity index (χ1) is 8.22. The minimum absolute atomic E-state index is 0.216. The minimum atomic E-state index is 0.216. The Kier molecular flexibility index (Phi) is 4.45. The van der Waals surface area contributed by atoms with Gasteiger partial charge in [0.25, 0.3) is 0 Å². The van der Waals surface area contributed by atoms with Crippen LogP contribution in [-0.4, -0.2) is 36.0 Å². The molecule has 1 heterocycles. The Morgan fingerprint density at radius 2 is 2.12 bits per heavy atom. The molecule has 1 aromatic rings. The molecule has 1 aliphatic rings. The number of benzene rings is 1. The quantitative estimate of drug-likeness (QED) is 0.632. The normalized spacial score (nSPS) is 23.6. The summed E-state index contributed by atoms with van der Waals surface area (Å²) in [6.45, 7) is 3.25. The van der Waals surface area contributed by atoms with Gasteiger partial charge in [-0.1, -0.05) is 29.8 Å². The van der Waals surface area contributed by atoms with E-state index < -0.39 is 0 Å². The average molecular weight is 251 g/mol. The Labute approximate surface area is 108 Å². The van der Waals surface area contributed by atoms with Crippen molar-refractivity contribution < 1.29 is 0 Å². The van der Waals surface area contributed by atoms with Crippen molar-refractivity contribution in [2.24, 2.45) is 5.84 Å². The lowest BCUT2D eigenvalue weighted by atomic mass is 9.99. The smallest absolute Gasteiger partial charge is 0.0623 e. The average Bonchev–Trinajstić information content (AvgIpc) is 2.35. The van der Waals surface area contributed by atoms with Crippen LogP contribution >= 0.6 is 11.8 Å². The van der Waals surface area contributed by atoms with E-state index in [2.05, 4.69) is 48.6 Å². The highest BCUT2D eigenvalue weighted by atomic mass is 32.2. The van der Waals surface area contributed by atoms with Crippen LogP contribution in [0.2, 0.25) is 0 Å². The molecule has 1 fully saturated rings. The van der Waals surface area contributed by atoms with Crippen molar-refractivity contribution in [1.82, 2.24) is 10.3 Å². The maximum absolute atomic E-state index is 5.75. The molecule has 0 aromatic heterocycles. The summed E-state index contributed by atoms with van der Waals surface area (Å²) < 4.78 is 0. The molecule has 17 heavy (non-hydrogen) atoms. The zero-order chi connectivity index (χ0) is 12.3. The van der Waals surface area contributed by atoms with Gasteiger partial charge in [0, 0.05) is 24.1 Å². The largest absolute Gasteiger partial charge is 0.300 e. The molecular formula is C13H21N3S. The van der Waals surface area contributed by atoms with Crippen LogP contribution < -0.4 is 11.3 Å². The first-order valence-corrected chi connectivity index (χ1v) is 7.18. The third kappa shape index (κ3) is 3.01. The molecule has 2 atom stereocenters. The predicted octanol–water partition coefficient (Wildman–Crippen LogP) is 1.55. The second-order valence-corrected chi connectivity index (χ2v) is 5.83. The molecule has 0 bridgehead atoms. The van der Waals surface area contributed by atoms with Gasteiger partial charge in [-0.2, -0.15) is 11.8 Å². The Bertz CT molecular complexity index is 352. The molecule has 3 nitrogen and oxygen atoms in total. The van der Waals surface area contributed by atoms with Crippen molar-refractivity contribution in [3.63, 3.8) is 0 Å². The van der Waals surface area contributed by atoms with Gasteiger partial charge in [-0.25, -0.2) is 0 Å². The van der Waals surface area contributed by atoms with E-state index in [-0.39, 0.29) is 6.04 Å². The molecule has 2 unspecified atom stereocenters. The van der Waals surface area contributed by atoms with E-state index in [1.165, 1.54) is 16.9 Å². The van der Waals surface area contributed by atoms with Crippen LogP contribution in [0.3, 0.4) is 0 Å². The number of aryl methyl sites for hydroxylation is 1. The van der Waals surface area contributed by atoms with Crippen LogP contribution in [-0.2, 0) is 0 Å². The number of likely N-dealkylation sites (N-methyl/N-ethyl adjacent to an activating group) is 1. The van der Waals surface area contributed by atoms with Gasteiger partial charge in [0.1, 0.15) is 0 Å². The molecule has 4 heteroatoms. The molecule has 94 valence electrons. The van der Waals surface area contributed by atoms with Crippen molar-refractivity contribution in [3.8, 4) is 0 Å². The second-order valence-electron chi connectivity index (χ2n) is 4.68. The summed E-state index contributed by atoms with van der Waals surface area (Å²) in [7, 11) is 2.18. The lowest BCUT2D eigenvalue weighted by molar-refractivity contribution is 0.216. The lowest BCUT2D eigenvalue weighted by Gasteiger charge is -2.37. The van der Waals surface area contributed by atoms with Gasteiger partial charge >= 0.3 is 0 Å². The van der Waals surface area contributed by atoms with Crippen LogP contribution in [0.25, 0.3) is 0 Å². The summed E-state index contributed by atoms with van der Waals surface area (Å²) in [5, 5.41) is 0. The van der Waals surface area contributed by atoms with Gasteiger partial charge in [0.2, 0.25) is 0 Å². The monoisotopic (exact) mass is 251 g/mol. The Balaban J connectivity index is 2.17. The van der Waals surface area contributed by atoms with Gasteiger partial charge in [0.05, 0.1) is 6.04 Å². The highest BCUT2D eigenvalue weighted by molar-refractivity contribution is 7.99. The van der Waals surface area contributed by atoms with E-state index in [4.69, 9.17) is 5.84 Å². The van der Waals surface area contributed by atoms with Gasteiger partial charge in [-0.15, -0.1) is 0 Å². The first-order valence-electron chi connectivity index (χ1n) is 6.03. The maximum atomic E-state index is 5.75. The standard InChI is InChI=1S/C13H21N3S/c1-10-3-5-11(6-4-10)13(15-14)12-9-17-8-7-16(12)2/h3-6,12-13,15H,7-9,14H2,1-2H3. The van der Waals surface area contributed by atoms with Crippen molar-refractivity contribution in [1.29, 1.82) is 0 Å². The SMILES string of the molecule is Cc1ccc(C(NN)C2CSCCN2C)cc1. The predicted molar refractivity (Wildman–Crippen MR) is 75.0 cm³/mol. The van der Waals surface area contributed by atoms with Crippen LogP contribution in [0.4, 0.5) is 0 Å². The van der Waals surface area contributed by atoms with Crippen LogP contribution in [0.15, 0.2) is 24.3 Å². The molecule has 1 aliphatic heterocycles. The Morgan fingerprint density at radius 1 is 1.41 bits per heavy atom. The molecule has 0 spiro atoms. The summed E-state index contributed by atoms with van der Waals surface area (Å²) in [4.78, 5) is 2.40. The van der Waals surface area contributed by atoms with Gasteiger partial charge in [-0.05, 0) is 19.5 Å². The molecule has 0 amide bonds. The number of nitrogens with zero attached hydrogens (tertiary/aromatic N) is 1. The number of rotatable bonds is 3. The maximum Gasteiger partial charge on any atom is 0.0623 e.